The maximum atomic E-state index is 11.1. The van der Waals surface area contributed by atoms with Gasteiger partial charge in [0.2, 0.25) is 0 Å². The Bertz CT molecular complexity index is 206. The fraction of sp³-hybridized carbons (Fsp3) is 0.667. The van der Waals surface area contributed by atoms with Crippen LogP contribution in [0.4, 0.5) is 4.79 Å². The first-order valence-corrected chi connectivity index (χ1v) is 3.50. The number of rotatable bonds is 2. The number of hydrogen-bond donors (Lipinski definition) is 2. The van der Waals surface area contributed by atoms with E-state index in [1.54, 1.807) is 0 Å². The van der Waals surface area contributed by atoms with Crippen LogP contribution in [0.5, 0.6) is 0 Å². The van der Waals surface area contributed by atoms with Gasteiger partial charge in [0, 0.05) is 0 Å². The maximum absolute atomic E-state index is 11.1. The van der Waals surface area contributed by atoms with Gasteiger partial charge in [-0.15, -0.1) is 0 Å². The lowest BCUT2D eigenvalue weighted by Crippen LogP contribution is -2.40. The lowest BCUT2D eigenvalue weighted by molar-refractivity contribution is -0.168. The molecule has 0 radical (unpaired) electrons. The molecule has 12 heavy (non-hydrogen) atoms. The van der Waals surface area contributed by atoms with Crippen LogP contribution in [0, 0.1) is 0 Å². The summed E-state index contributed by atoms with van der Waals surface area (Å²) in [7, 11) is 1.38. The molecule has 1 aliphatic rings. The van der Waals surface area contributed by atoms with Gasteiger partial charge in [-0.3, -0.25) is 9.63 Å². The van der Waals surface area contributed by atoms with E-state index in [4.69, 9.17) is 5.11 Å². The number of carboxylic acid groups (broad SMARTS) is 1. The Hall–Kier alpha value is -1.30. The molecular weight excluding hydrogens is 164 g/mol. The van der Waals surface area contributed by atoms with Gasteiger partial charge in [-0.2, -0.15) is 0 Å². The molecule has 0 unspecified atom stereocenters. The smallest absolute Gasteiger partial charge is 0.405 e. The molecule has 1 fully saturated rings. The lowest BCUT2D eigenvalue weighted by Gasteiger charge is -2.12. The number of nitrogens with one attached hydrogen (secondary N) is 1. The summed E-state index contributed by atoms with van der Waals surface area (Å²) in [6.45, 7) is 0.431. The standard InChI is InChI=1S/C6H10N2O4/c1-12-8-3-2-4(5(8)9)7-6(10)11/h4,7H,2-3H2,1H3,(H,10,11)/t4-/m1/s1. The Morgan fingerprint density at radius 1 is 1.83 bits per heavy atom. The number of amides is 2. The van der Waals surface area contributed by atoms with E-state index >= 15 is 0 Å². The molecule has 0 bridgehead atoms. The van der Waals surface area contributed by atoms with E-state index in [-0.39, 0.29) is 5.91 Å². The van der Waals surface area contributed by atoms with Crippen molar-refractivity contribution in [2.75, 3.05) is 13.7 Å². The maximum Gasteiger partial charge on any atom is 0.405 e. The van der Waals surface area contributed by atoms with Crippen LogP contribution in [0.25, 0.3) is 0 Å². The van der Waals surface area contributed by atoms with E-state index < -0.39 is 12.1 Å². The van der Waals surface area contributed by atoms with Crippen LogP contribution in [0.3, 0.4) is 0 Å². The first-order valence-electron chi connectivity index (χ1n) is 3.50. The van der Waals surface area contributed by atoms with E-state index in [9.17, 15) is 9.59 Å². The van der Waals surface area contributed by atoms with Gasteiger partial charge in [-0.25, -0.2) is 9.86 Å². The summed E-state index contributed by atoms with van der Waals surface area (Å²) >= 11 is 0. The Balaban J connectivity index is 2.49. The molecule has 0 aromatic rings. The molecule has 1 aliphatic heterocycles. The second kappa shape index (κ2) is 3.40. The normalized spacial score (nSPS) is 22.9. The zero-order valence-electron chi connectivity index (χ0n) is 6.61. The molecule has 6 nitrogen and oxygen atoms in total. The van der Waals surface area contributed by atoms with Crippen LogP contribution in [0.1, 0.15) is 6.42 Å². The third kappa shape index (κ3) is 1.65. The molecule has 0 saturated carbocycles. The summed E-state index contributed by atoms with van der Waals surface area (Å²) in [4.78, 5) is 26.0. The number of nitrogens with zero attached hydrogens (tertiary/aromatic N) is 1. The minimum atomic E-state index is -1.19. The van der Waals surface area contributed by atoms with Crippen LogP contribution in [0.2, 0.25) is 0 Å². The summed E-state index contributed by atoms with van der Waals surface area (Å²) in [5, 5.41) is 11.6. The van der Waals surface area contributed by atoms with Crippen molar-refractivity contribution >= 4 is 12.0 Å². The van der Waals surface area contributed by atoms with Gasteiger partial charge < -0.3 is 10.4 Å². The van der Waals surface area contributed by atoms with Gasteiger partial charge in [-0.05, 0) is 6.42 Å². The second-order valence-electron chi connectivity index (χ2n) is 2.41. The van der Waals surface area contributed by atoms with Crippen LogP contribution < -0.4 is 5.32 Å². The highest BCUT2D eigenvalue weighted by Gasteiger charge is 2.32. The van der Waals surface area contributed by atoms with E-state index in [1.165, 1.54) is 7.11 Å². The number of hydroxylamine groups is 2. The Morgan fingerprint density at radius 2 is 2.50 bits per heavy atom. The molecule has 0 spiro atoms. The Kier molecular flexibility index (Phi) is 2.49. The first-order chi connectivity index (χ1) is 5.65. The first kappa shape index (κ1) is 8.79. The third-order valence-electron chi connectivity index (χ3n) is 1.68. The molecule has 0 aliphatic carbocycles. The van der Waals surface area contributed by atoms with Crippen molar-refractivity contribution in [3.8, 4) is 0 Å². The van der Waals surface area contributed by atoms with Crippen molar-refractivity contribution in [2.45, 2.75) is 12.5 Å². The van der Waals surface area contributed by atoms with Crippen molar-refractivity contribution in [1.82, 2.24) is 10.4 Å². The zero-order valence-corrected chi connectivity index (χ0v) is 6.61. The number of carbonyl (C=O) groups is 2. The summed E-state index contributed by atoms with van der Waals surface area (Å²) in [6.07, 6.45) is -0.731. The molecule has 2 N–H and O–H groups in total. The molecule has 1 atom stereocenters. The fourth-order valence-electron chi connectivity index (χ4n) is 1.12. The van der Waals surface area contributed by atoms with Crippen molar-refractivity contribution in [3.63, 3.8) is 0 Å². The Labute approximate surface area is 69.1 Å². The monoisotopic (exact) mass is 174 g/mol. The average Bonchev–Trinajstić information content (AvgIpc) is 2.32. The fourth-order valence-corrected chi connectivity index (χ4v) is 1.12. The molecular formula is C6H10N2O4. The molecule has 1 saturated heterocycles. The SMILES string of the molecule is CON1CC[C@@H](NC(=O)O)C1=O. The number of carbonyl (C=O) groups excluding carboxylic acids is 1. The highest BCUT2D eigenvalue weighted by atomic mass is 16.7. The minimum Gasteiger partial charge on any atom is -0.465 e. The molecule has 1 rings (SSSR count). The van der Waals surface area contributed by atoms with Gasteiger partial charge in [0.05, 0.1) is 13.7 Å². The molecule has 0 aromatic carbocycles. The molecule has 1 heterocycles. The highest BCUT2D eigenvalue weighted by molar-refractivity contribution is 5.86. The predicted molar refractivity (Wildman–Crippen MR) is 38.3 cm³/mol. The van der Waals surface area contributed by atoms with Gasteiger partial charge in [0.1, 0.15) is 6.04 Å². The summed E-state index contributed by atoms with van der Waals surface area (Å²) < 4.78 is 0. The average molecular weight is 174 g/mol. The summed E-state index contributed by atoms with van der Waals surface area (Å²) in [5.74, 6) is -0.333. The largest absolute Gasteiger partial charge is 0.465 e. The van der Waals surface area contributed by atoms with E-state index in [0.29, 0.717) is 13.0 Å². The van der Waals surface area contributed by atoms with Crippen LogP contribution in [-0.2, 0) is 9.63 Å². The van der Waals surface area contributed by atoms with Crippen molar-refractivity contribution < 1.29 is 19.5 Å². The van der Waals surface area contributed by atoms with Gasteiger partial charge >= 0.3 is 6.09 Å². The number of hydrogen-bond acceptors (Lipinski definition) is 3. The predicted octanol–water partition coefficient (Wildman–Crippen LogP) is -0.584. The molecule has 6 heteroatoms. The zero-order chi connectivity index (χ0) is 9.14. The van der Waals surface area contributed by atoms with E-state index in [1.807, 2.05) is 0 Å². The van der Waals surface area contributed by atoms with E-state index in [2.05, 4.69) is 10.2 Å². The molecule has 68 valence electrons. The second-order valence-corrected chi connectivity index (χ2v) is 2.41. The quantitative estimate of drug-likeness (QED) is 0.586. The van der Waals surface area contributed by atoms with Crippen molar-refractivity contribution in [3.05, 3.63) is 0 Å². The van der Waals surface area contributed by atoms with Gasteiger partial charge in [0.25, 0.3) is 5.91 Å². The topological polar surface area (TPSA) is 78.9 Å². The van der Waals surface area contributed by atoms with Crippen molar-refractivity contribution in [1.29, 1.82) is 0 Å². The van der Waals surface area contributed by atoms with E-state index in [0.717, 1.165) is 5.06 Å². The van der Waals surface area contributed by atoms with Gasteiger partial charge in [0.15, 0.2) is 0 Å². The summed E-state index contributed by atoms with van der Waals surface area (Å²) in [5.41, 5.74) is 0. The van der Waals surface area contributed by atoms with Gasteiger partial charge in [-0.1, -0.05) is 0 Å². The summed E-state index contributed by atoms with van der Waals surface area (Å²) in [6, 6.07) is -0.651. The lowest BCUT2D eigenvalue weighted by atomic mass is 10.2. The van der Waals surface area contributed by atoms with Crippen molar-refractivity contribution in [2.24, 2.45) is 0 Å². The van der Waals surface area contributed by atoms with Crippen LogP contribution in [-0.4, -0.2) is 41.9 Å². The van der Waals surface area contributed by atoms with Crippen LogP contribution in [0.15, 0.2) is 0 Å². The third-order valence-corrected chi connectivity index (χ3v) is 1.68. The minimum absolute atomic E-state index is 0.333. The molecule has 2 amide bonds. The highest BCUT2D eigenvalue weighted by Crippen LogP contribution is 2.10. The molecule has 0 aromatic heterocycles. The Morgan fingerprint density at radius 3 is 2.92 bits per heavy atom. The van der Waals surface area contributed by atoms with Crippen LogP contribution >= 0.6 is 0 Å².